The van der Waals surface area contributed by atoms with Crippen LogP contribution in [0.1, 0.15) is 127 Å². The van der Waals surface area contributed by atoms with Crippen molar-refractivity contribution in [2.75, 3.05) is 63.8 Å². The molecule has 66 heavy (non-hydrogen) atoms. The number of aryl methyl sites for hydroxylation is 1. The SMILES string of the molecule is Cc1ccc(N(c2ccc(N(CCC(C)C)CCC(C)C)cc2)c2ccc(N(c3ccc(N(CCC(C)C)CCC(C)C)cc3)c3ccc(N(CCC(C)C)CCC(C)C)cc3)cc2)cc1. The minimum Gasteiger partial charge on any atom is -0.372 e. The lowest BCUT2D eigenvalue weighted by Gasteiger charge is -2.31. The van der Waals surface area contributed by atoms with Crippen molar-refractivity contribution in [3.8, 4) is 0 Å². The van der Waals surface area contributed by atoms with Crippen molar-refractivity contribution in [1.82, 2.24) is 0 Å². The Morgan fingerprint density at radius 2 is 0.394 bits per heavy atom. The van der Waals surface area contributed by atoms with Crippen LogP contribution in [0.2, 0.25) is 0 Å². The van der Waals surface area contributed by atoms with Crippen molar-refractivity contribution in [2.45, 2.75) is 129 Å². The Hall–Kier alpha value is -4.90. The first-order chi connectivity index (χ1) is 31.6. The van der Waals surface area contributed by atoms with Gasteiger partial charge in [-0.25, -0.2) is 0 Å². The number of hydrogen-bond donors (Lipinski definition) is 0. The van der Waals surface area contributed by atoms with Crippen LogP contribution in [0.3, 0.4) is 0 Å². The minimum atomic E-state index is 0.671. The third-order valence-corrected chi connectivity index (χ3v) is 12.9. The van der Waals surface area contributed by atoms with E-state index in [0.29, 0.717) is 35.5 Å². The van der Waals surface area contributed by atoms with Crippen LogP contribution < -0.4 is 24.5 Å². The molecule has 5 nitrogen and oxygen atoms in total. The van der Waals surface area contributed by atoms with Gasteiger partial charge >= 0.3 is 0 Å². The molecule has 358 valence electrons. The van der Waals surface area contributed by atoms with Crippen LogP contribution in [0.25, 0.3) is 0 Å². The summed E-state index contributed by atoms with van der Waals surface area (Å²) in [5.41, 5.74) is 12.1. The van der Waals surface area contributed by atoms with E-state index in [9.17, 15) is 0 Å². The zero-order valence-electron chi connectivity index (χ0n) is 43.7. The predicted octanol–water partition coefficient (Wildman–Crippen LogP) is 17.6. The van der Waals surface area contributed by atoms with Gasteiger partial charge in [0.25, 0.3) is 0 Å². The second-order valence-corrected chi connectivity index (χ2v) is 21.6. The van der Waals surface area contributed by atoms with Gasteiger partial charge in [0.2, 0.25) is 0 Å². The number of hydrogen-bond acceptors (Lipinski definition) is 5. The summed E-state index contributed by atoms with van der Waals surface area (Å²) in [6.45, 7) is 36.6. The minimum absolute atomic E-state index is 0.671. The van der Waals surface area contributed by atoms with Crippen LogP contribution >= 0.6 is 0 Å². The molecular formula is C61H89N5. The Morgan fingerprint density at radius 1 is 0.242 bits per heavy atom. The summed E-state index contributed by atoms with van der Waals surface area (Å²) in [6, 6.07) is 46.2. The van der Waals surface area contributed by atoms with E-state index in [4.69, 9.17) is 0 Å². The van der Waals surface area contributed by atoms with Gasteiger partial charge in [0.1, 0.15) is 0 Å². The van der Waals surface area contributed by atoms with Crippen molar-refractivity contribution in [2.24, 2.45) is 35.5 Å². The van der Waals surface area contributed by atoms with Crippen molar-refractivity contribution < 1.29 is 0 Å². The number of rotatable bonds is 27. The Labute approximate surface area is 404 Å². The van der Waals surface area contributed by atoms with Crippen LogP contribution in [0.4, 0.5) is 51.2 Å². The first-order valence-corrected chi connectivity index (χ1v) is 25.9. The second-order valence-electron chi connectivity index (χ2n) is 21.6. The van der Waals surface area contributed by atoms with E-state index in [1.807, 2.05) is 0 Å². The molecule has 5 heteroatoms. The molecule has 0 aliphatic carbocycles. The third-order valence-electron chi connectivity index (χ3n) is 12.9. The zero-order valence-corrected chi connectivity index (χ0v) is 43.7. The van der Waals surface area contributed by atoms with Crippen molar-refractivity contribution in [1.29, 1.82) is 0 Å². The molecule has 0 unspecified atom stereocenters. The van der Waals surface area contributed by atoms with E-state index in [-0.39, 0.29) is 0 Å². The highest BCUT2D eigenvalue weighted by Crippen LogP contribution is 2.41. The molecule has 0 heterocycles. The smallest absolute Gasteiger partial charge is 0.0463 e. The molecule has 0 saturated heterocycles. The first kappa shape index (κ1) is 52.1. The Morgan fingerprint density at radius 3 is 0.561 bits per heavy atom. The summed E-state index contributed by atoms with van der Waals surface area (Å²) < 4.78 is 0. The standard InChI is InChI=1S/C61H89N5/c1-46(2)34-40-62(41-35-47(3)4)53-18-24-57(25-19-53)65(56-16-14-52(13)15-17-56)60-30-32-61(33-31-60)66(58-26-20-54(21-27-58)63(42-36-48(5)6)43-37-49(7)8)59-28-22-55(23-29-59)64(44-38-50(9)10)45-39-51(11)12/h14-33,46-51H,34-45H2,1-13H3. The molecule has 0 amide bonds. The van der Waals surface area contributed by atoms with Crippen LogP contribution in [0.15, 0.2) is 121 Å². The molecule has 0 fully saturated rings. The van der Waals surface area contributed by atoms with Crippen molar-refractivity contribution in [3.63, 3.8) is 0 Å². The molecule has 0 aliphatic rings. The molecule has 0 aromatic heterocycles. The van der Waals surface area contributed by atoms with E-state index in [0.717, 1.165) is 73.4 Å². The fraction of sp³-hybridized carbons (Fsp3) is 0.508. The van der Waals surface area contributed by atoms with Crippen LogP contribution in [-0.2, 0) is 0 Å². The Kier molecular flexibility index (Phi) is 20.4. The van der Waals surface area contributed by atoms with Gasteiger partial charge in [-0.3, -0.25) is 0 Å². The van der Waals surface area contributed by atoms with Gasteiger partial charge in [0.05, 0.1) is 0 Å². The summed E-state index contributed by atoms with van der Waals surface area (Å²) >= 11 is 0. The van der Waals surface area contributed by atoms with Gasteiger partial charge in [-0.1, -0.05) is 101 Å². The maximum atomic E-state index is 2.60. The van der Waals surface area contributed by atoms with Gasteiger partial charge in [-0.2, -0.15) is 0 Å². The van der Waals surface area contributed by atoms with Crippen LogP contribution in [-0.4, -0.2) is 39.3 Å². The average Bonchev–Trinajstić information content (AvgIpc) is 3.28. The van der Waals surface area contributed by atoms with Crippen LogP contribution in [0.5, 0.6) is 0 Å². The fourth-order valence-electron chi connectivity index (χ4n) is 8.37. The summed E-state index contributed by atoms with van der Waals surface area (Å²) in [7, 11) is 0. The molecule has 5 aromatic rings. The molecule has 5 aromatic carbocycles. The maximum Gasteiger partial charge on any atom is 0.0463 e. The zero-order chi connectivity index (χ0) is 47.8. The summed E-state index contributed by atoms with van der Waals surface area (Å²) in [6.07, 6.45) is 7.14. The van der Waals surface area contributed by atoms with Gasteiger partial charge in [-0.15, -0.1) is 0 Å². The molecule has 0 saturated carbocycles. The largest absolute Gasteiger partial charge is 0.372 e. The second kappa shape index (κ2) is 25.9. The monoisotopic (exact) mass is 892 g/mol. The predicted molar refractivity (Wildman–Crippen MR) is 294 cm³/mol. The highest BCUT2D eigenvalue weighted by molar-refractivity contribution is 5.82. The molecule has 0 atom stereocenters. The van der Waals surface area contributed by atoms with Crippen LogP contribution in [0, 0.1) is 42.4 Å². The highest BCUT2D eigenvalue weighted by Gasteiger charge is 2.19. The lowest BCUT2D eigenvalue weighted by molar-refractivity contribution is 0.535. The summed E-state index contributed by atoms with van der Waals surface area (Å²) in [5, 5.41) is 0. The lowest BCUT2D eigenvalue weighted by Crippen LogP contribution is -2.27. The lowest BCUT2D eigenvalue weighted by atomic mass is 10.1. The Balaban J connectivity index is 1.54. The highest BCUT2D eigenvalue weighted by atomic mass is 15.2. The molecule has 0 N–H and O–H groups in total. The molecule has 5 rings (SSSR count). The van der Waals surface area contributed by atoms with E-state index in [1.165, 1.54) is 61.2 Å². The first-order valence-electron chi connectivity index (χ1n) is 25.9. The topological polar surface area (TPSA) is 16.2 Å². The normalized spacial score (nSPS) is 11.7. The summed E-state index contributed by atoms with van der Waals surface area (Å²) in [5.74, 6) is 4.03. The molecular weight excluding hydrogens is 803 g/mol. The maximum absolute atomic E-state index is 2.60. The molecule has 0 aliphatic heterocycles. The average molecular weight is 892 g/mol. The molecule has 0 bridgehead atoms. The van der Waals surface area contributed by atoms with E-state index >= 15 is 0 Å². The third kappa shape index (κ3) is 16.2. The van der Waals surface area contributed by atoms with Gasteiger partial charge in [0, 0.05) is 90.5 Å². The quantitative estimate of drug-likeness (QED) is 0.0521. The molecule has 0 radical (unpaired) electrons. The molecule has 0 spiro atoms. The van der Waals surface area contributed by atoms with Gasteiger partial charge in [0.15, 0.2) is 0 Å². The van der Waals surface area contributed by atoms with Gasteiger partial charge in [-0.05, 0) is 190 Å². The number of benzene rings is 5. The van der Waals surface area contributed by atoms with Crippen molar-refractivity contribution in [3.05, 3.63) is 127 Å². The van der Waals surface area contributed by atoms with Gasteiger partial charge < -0.3 is 24.5 Å². The fourth-order valence-corrected chi connectivity index (χ4v) is 8.37. The number of anilines is 9. The van der Waals surface area contributed by atoms with E-state index in [1.54, 1.807) is 0 Å². The van der Waals surface area contributed by atoms with Crippen molar-refractivity contribution >= 4 is 51.2 Å². The van der Waals surface area contributed by atoms with E-state index < -0.39 is 0 Å². The summed E-state index contributed by atoms with van der Waals surface area (Å²) in [4.78, 5) is 12.6. The van der Waals surface area contributed by atoms with E-state index in [2.05, 4.69) is 236 Å². The Bertz CT molecular complexity index is 1970. The number of nitrogens with zero attached hydrogens (tertiary/aromatic N) is 5.